The Morgan fingerprint density at radius 1 is 1.10 bits per heavy atom. The lowest BCUT2D eigenvalue weighted by Crippen LogP contribution is -2.49. The number of pyridine rings is 1. The topological polar surface area (TPSA) is 76.4 Å². The number of fused-ring (bicyclic) bond motifs is 1. The molecule has 0 spiro atoms. The van der Waals surface area contributed by atoms with Crippen molar-refractivity contribution in [3.05, 3.63) is 70.4 Å². The molecule has 3 aliphatic heterocycles. The number of nitrogens with zero attached hydrogens (tertiary/aromatic N) is 6. The number of rotatable bonds is 6. The average molecular weight is 595 g/mol. The smallest absolute Gasteiger partial charge is 0.379 e. The molecular formula is C28H28F6N6O2. The van der Waals surface area contributed by atoms with E-state index in [-0.39, 0.29) is 37.4 Å². The zero-order valence-electron chi connectivity index (χ0n) is 22.7. The summed E-state index contributed by atoms with van der Waals surface area (Å²) in [6.07, 6.45) is -6.76. The highest BCUT2D eigenvalue weighted by Crippen LogP contribution is 2.39. The van der Waals surface area contributed by atoms with Crippen LogP contribution in [-0.2, 0) is 42.9 Å². The first-order chi connectivity index (χ1) is 19.8. The maximum atomic E-state index is 13.9. The van der Waals surface area contributed by atoms with Gasteiger partial charge in [-0.2, -0.15) is 26.3 Å². The van der Waals surface area contributed by atoms with Gasteiger partial charge in [0.2, 0.25) is 0 Å². The van der Waals surface area contributed by atoms with Crippen LogP contribution in [0.4, 0.5) is 32.2 Å². The molecule has 6 rings (SSSR count). The maximum Gasteiger partial charge on any atom is 0.433 e. The third-order valence-electron chi connectivity index (χ3n) is 8.40. The molecular weight excluding hydrogens is 566 g/mol. The molecule has 3 aromatic rings. The molecule has 0 saturated carbocycles. The van der Waals surface area contributed by atoms with E-state index in [0.29, 0.717) is 43.7 Å². The van der Waals surface area contributed by atoms with Crippen LogP contribution < -0.4 is 4.90 Å². The number of hydrogen-bond donors (Lipinski definition) is 0. The molecule has 5 heterocycles. The van der Waals surface area contributed by atoms with Gasteiger partial charge < -0.3 is 9.30 Å². The van der Waals surface area contributed by atoms with E-state index in [2.05, 4.69) is 15.2 Å². The molecule has 1 aromatic carbocycles. The second kappa shape index (κ2) is 10.3. The summed E-state index contributed by atoms with van der Waals surface area (Å²) in [4.78, 5) is 20.0. The molecule has 0 radical (unpaired) electrons. The number of piperidine rings is 1. The van der Waals surface area contributed by atoms with Gasteiger partial charge in [-0.3, -0.25) is 14.6 Å². The fraction of sp³-hybridized carbons (Fsp3) is 0.500. The van der Waals surface area contributed by atoms with Crippen LogP contribution in [0.5, 0.6) is 0 Å². The van der Waals surface area contributed by atoms with Gasteiger partial charge in [-0.1, -0.05) is 12.1 Å². The molecule has 0 N–H and O–H groups in total. The Balaban J connectivity index is 1.27. The van der Waals surface area contributed by atoms with Crippen LogP contribution in [-0.4, -0.2) is 63.0 Å². The summed E-state index contributed by atoms with van der Waals surface area (Å²) in [7, 11) is 1.84. The van der Waals surface area contributed by atoms with E-state index in [1.54, 1.807) is 18.5 Å². The third kappa shape index (κ3) is 5.37. The van der Waals surface area contributed by atoms with Crippen LogP contribution in [0.25, 0.3) is 0 Å². The predicted molar refractivity (Wildman–Crippen MR) is 137 cm³/mol. The molecule has 3 aliphatic rings. The van der Waals surface area contributed by atoms with E-state index in [1.807, 2.05) is 17.7 Å². The lowest BCUT2D eigenvalue weighted by Gasteiger charge is -2.41. The number of aryl methyl sites for hydroxylation is 1. The third-order valence-corrected chi connectivity index (χ3v) is 8.40. The van der Waals surface area contributed by atoms with E-state index < -0.39 is 35.3 Å². The normalized spacial score (nSPS) is 21.0. The van der Waals surface area contributed by atoms with Crippen LogP contribution in [0.15, 0.2) is 36.7 Å². The van der Waals surface area contributed by atoms with Crippen molar-refractivity contribution in [1.29, 1.82) is 0 Å². The molecule has 8 nitrogen and oxygen atoms in total. The van der Waals surface area contributed by atoms with Crippen molar-refractivity contribution < 1.29 is 35.9 Å². The van der Waals surface area contributed by atoms with Crippen molar-refractivity contribution in [3.8, 4) is 0 Å². The number of hydrogen-bond acceptors (Lipinski definition) is 6. The lowest BCUT2D eigenvalue weighted by molar-refractivity contribution is -0.187. The van der Waals surface area contributed by atoms with Gasteiger partial charge >= 0.3 is 12.4 Å². The van der Waals surface area contributed by atoms with Crippen LogP contribution in [0.1, 0.15) is 51.4 Å². The van der Waals surface area contributed by atoms with E-state index >= 15 is 0 Å². The first-order valence-corrected chi connectivity index (χ1v) is 13.6. The van der Waals surface area contributed by atoms with Crippen molar-refractivity contribution in [2.45, 2.75) is 50.1 Å². The molecule has 1 atom stereocenters. The molecule has 42 heavy (non-hydrogen) atoms. The quantitative estimate of drug-likeness (QED) is 0.386. The van der Waals surface area contributed by atoms with Gasteiger partial charge in [0.05, 0.1) is 25.7 Å². The van der Waals surface area contributed by atoms with Crippen molar-refractivity contribution in [3.63, 3.8) is 0 Å². The van der Waals surface area contributed by atoms with Crippen LogP contribution in [0, 0.1) is 5.92 Å². The second-order valence-electron chi connectivity index (χ2n) is 11.4. The van der Waals surface area contributed by atoms with Crippen LogP contribution >= 0.6 is 0 Å². The number of benzene rings is 1. The van der Waals surface area contributed by atoms with Crippen molar-refractivity contribution in [2.75, 3.05) is 31.2 Å². The Bertz CT molecular complexity index is 1500. The monoisotopic (exact) mass is 594 g/mol. The Morgan fingerprint density at radius 3 is 2.52 bits per heavy atom. The van der Waals surface area contributed by atoms with Gasteiger partial charge in [0.25, 0.3) is 5.91 Å². The summed E-state index contributed by atoms with van der Waals surface area (Å²) in [5.41, 5.74) is 0.386. The zero-order valence-corrected chi connectivity index (χ0v) is 22.7. The number of amides is 1. The summed E-state index contributed by atoms with van der Waals surface area (Å²) in [6.45, 7) is 0.784. The fourth-order valence-electron chi connectivity index (χ4n) is 5.98. The largest absolute Gasteiger partial charge is 0.433 e. The number of likely N-dealkylation sites (tertiary alicyclic amines) is 1. The zero-order chi connectivity index (χ0) is 29.9. The number of carbonyl (C=O) groups is 1. The van der Waals surface area contributed by atoms with Gasteiger partial charge in [0.15, 0.2) is 0 Å². The van der Waals surface area contributed by atoms with Gasteiger partial charge in [-0.05, 0) is 54.3 Å². The van der Waals surface area contributed by atoms with Crippen molar-refractivity contribution in [1.82, 2.24) is 24.6 Å². The molecule has 0 bridgehead atoms. The van der Waals surface area contributed by atoms with Crippen molar-refractivity contribution >= 4 is 11.7 Å². The Hall–Kier alpha value is -3.52. The molecule has 2 aromatic heterocycles. The summed E-state index contributed by atoms with van der Waals surface area (Å²) in [5, 5.41) is 8.09. The Morgan fingerprint density at radius 2 is 1.88 bits per heavy atom. The van der Waals surface area contributed by atoms with Gasteiger partial charge in [-0.15, -0.1) is 10.2 Å². The predicted octanol–water partition coefficient (Wildman–Crippen LogP) is 4.67. The SMILES string of the molecule is Cn1cnnc1CC1(c2ccc3c(c2)C(=O)N(c2cc(CN4CCC[C@H](C(F)(F)F)C4)cc(C(F)(F)F)n2)C3)COC1. The van der Waals surface area contributed by atoms with Crippen LogP contribution in [0.3, 0.4) is 0 Å². The molecule has 1 amide bonds. The molecule has 0 aliphatic carbocycles. The molecule has 2 saturated heterocycles. The first kappa shape index (κ1) is 28.6. The number of aromatic nitrogens is 4. The van der Waals surface area contributed by atoms with Crippen molar-refractivity contribution in [2.24, 2.45) is 13.0 Å². The minimum Gasteiger partial charge on any atom is -0.379 e. The Kier molecular flexibility index (Phi) is 7.03. The second-order valence-corrected chi connectivity index (χ2v) is 11.4. The van der Waals surface area contributed by atoms with Crippen LogP contribution in [0.2, 0.25) is 0 Å². The van der Waals surface area contributed by atoms with Gasteiger partial charge in [-0.25, -0.2) is 4.98 Å². The van der Waals surface area contributed by atoms with E-state index in [9.17, 15) is 31.1 Å². The summed E-state index contributed by atoms with van der Waals surface area (Å²) in [5.74, 6) is -1.46. The number of halogens is 6. The highest BCUT2D eigenvalue weighted by molar-refractivity contribution is 6.09. The lowest BCUT2D eigenvalue weighted by atomic mass is 9.75. The number of ether oxygens (including phenoxy) is 1. The molecule has 0 unspecified atom stereocenters. The fourth-order valence-corrected chi connectivity index (χ4v) is 5.98. The molecule has 14 heteroatoms. The number of anilines is 1. The molecule has 224 valence electrons. The van der Waals surface area contributed by atoms with E-state index in [0.717, 1.165) is 17.5 Å². The highest BCUT2D eigenvalue weighted by Gasteiger charge is 2.44. The van der Waals surface area contributed by atoms with E-state index in [1.165, 1.54) is 15.9 Å². The summed E-state index contributed by atoms with van der Waals surface area (Å²) < 4.78 is 88.8. The highest BCUT2D eigenvalue weighted by atomic mass is 19.4. The van der Waals surface area contributed by atoms with E-state index in [4.69, 9.17) is 4.74 Å². The minimum absolute atomic E-state index is 0.01000. The summed E-state index contributed by atoms with van der Waals surface area (Å²) >= 11 is 0. The number of carbonyl (C=O) groups excluding carboxylic acids is 1. The molecule has 2 fully saturated rings. The maximum absolute atomic E-state index is 13.9. The van der Waals surface area contributed by atoms with Gasteiger partial charge in [0.1, 0.15) is 23.7 Å². The summed E-state index contributed by atoms with van der Waals surface area (Å²) in [6, 6.07) is 7.66. The number of alkyl halides is 6. The first-order valence-electron chi connectivity index (χ1n) is 13.6. The standard InChI is InChI=1S/C28H28F6N6O2/c1-38-16-35-37-24(38)10-26(14-42-15-26)19-5-4-18-12-40(25(41)21(18)9-19)23-8-17(7-22(36-23)28(32,33)34)11-39-6-2-3-20(13-39)27(29,30)31/h4-5,7-9,16,20H,2-3,6,10-15H2,1H3/t20-/m0/s1. The van der Waals surface area contributed by atoms with Gasteiger partial charge in [0, 0.05) is 37.5 Å². The average Bonchev–Trinajstić information content (AvgIpc) is 3.47. The minimum atomic E-state index is -4.81. The Labute approximate surface area is 237 Å².